The van der Waals surface area contributed by atoms with Gasteiger partial charge in [-0.15, -0.1) is 0 Å². The van der Waals surface area contributed by atoms with Gasteiger partial charge in [0.15, 0.2) is 25.2 Å². The molecular weight excluding hydrogens is 981 g/mol. The SMILES string of the molecule is CC1=C(CCC(C)COC2OC(CO)C(O)C(O)C2O)OC2CC3C4CCC5CC(OC6OC(CO)C(OC7OC(CO)C(O)C(O)C7O)C(O)C6OC6OC(C)C(O)C(O)C6O)CCC5(C)C4CC(=O)C3(C)C12. The maximum atomic E-state index is 14.8. The Labute approximate surface area is 430 Å². The van der Waals surface area contributed by atoms with Crippen molar-refractivity contribution in [2.24, 2.45) is 46.3 Å². The van der Waals surface area contributed by atoms with Gasteiger partial charge in [0.1, 0.15) is 103 Å². The van der Waals surface area contributed by atoms with Gasteiger partial charge in [-0.3, -0.25) is 4.79 Å². The fraction of sp³-hybridized carbons (Fsp3) is 0.941. The fourth-order valence-electron chi connectivity index (χ4n) is 14.8. The molecule has 0 spiro atoms. The second-order valence-corrected chi connectivity index (χ2v) is 23.5. The van der Waals surface area contributed by atoms with Crippen molar-refractivity contribution < 1.29 is 114 Å². The quantitative estimate of drug-likeness (QED) is 0.0737. The highest BCUT2D eigenvalue weighted by molar-refractivity contribution is 5.87. The average molecular weight is 1060 g/mol. The molecule has 4 saturated heterocycles. The van der Waals surface area contributed by atoms with E-state index in [0.717, 1.165) is 30.6 Å². The van der Waals surface area contributed by atoms with E-state index in [0.29, 0.717) is 44.4 Å². The lowest BCUT2D eigenvalue weighted by atomic mass is 9.44. The van der Waals surface area contributed by atoms with E-state index in [1.165, 1.54) is 6.92 Å². The zero-order valence-electron chi connectivity index (χ0n) is 42.8. The highest BCUT2D eigenvalue weighted by atomic mass is 16.8. The van der Waals surface area contributed by atoms with Gasteiger partial charge in [0.2, 0.25) is 0 Å². The molecule has 0 aromatic carbocycles. The van der Waals surface area contributed by atoms with E-state index in [1.54, 1.807) is 0 Å². The molecule has 0 amide bonds. The van der Waals surface area contributed by atoms with Gasteiger partial charge in [0.25, 0.3) is 0 Å². The van der Waals surface area contributed by atoms with Crippen LogP contribution in [0.3, 0.4) is 0 Å². The molecule has 23 nitrogen and oxygen atoms in total. The first-order chi connectivity index (χ1) is 35.1. The molecule has 0 radical (unpaired) electrons. The summed E-state index contributed by atoms with van der Waals surface area (Å²) in [7, 11) is 0. The van der Waals surface area contributed by atoms with Crippen molar-refractivity contribution in [3.8, 4) is 0 Å². The third kappa shape index (κ3) is 10.1. The van der Waals surface area contributed by atoms with Crippen molar-refractivity contribution >= 4 is 5.78 Å². The number of rotatable bonds is 15. The number of carbonyl (C=O) groups excluding carboxylic acids is 1. The van der Waals surface area contributed by atoms with Crippen LogP contribution in [0.2, 0.25) is 0 Å². The van der Waals surface area contributed by atoms with Gasteiger partial charge in [0.05, 0.1) is 44.4 Å². The van der Waals surface area contributed by atoms with Gasteiger partial charge in [-0.1, -0.05) is 20.8 Å². The molecule has 13 N–H and O–H groups in total. The molecular formula is C51H82O23. The van der Waals surface area contributed by atoms with Crippen molar-refractivity contribution in [1.29, 1.82) is 0 Å². The summed E-state index contributed by atoms with van der Waals surface area (Å²) in [5.41, 5.74) is 0.296. The first-order valence-corrected chi connectivity index (χ1v) is 26.8. The topological polar surface area (TPSA) is 363 Å². The Hall–Kier alpha value is -1.63. The normalized spacial score (nSPS) is 52.9. The summed E-state index contributed by atoms with van der Waals surface area (Å²) in [5.74, 6) is 1.77. The zero-order valence-corrected chi connectivity index (χ0v) is 42.8. The van der Waals surface area contributed by atoms with E-state index in [9.17, 15) is 71.2 Å². The van der Waals surface area contributed by atoms with Crippen LogP contribution in [0.25, 0.3) is 0 Å². The summed E-state index contributed by atoms with van der Waals surface area (Å²) >= 11 is 0. The third-order valence-corrected chi connectivity index (χ3v) is 19.3. The third-order valence-electron chi connectivity index (χ3n) is 19.3. The van der Waals surface area contributed by atoms with Crippen LogP contribution in [0, 0.1) is 46.3 Å². The summed E-state index contributed by atoms with van der Waals surface area (Å²) in [6.45, 7) is 8.12. The Bertz CT molecular complexity index is 1960. The average Bonchev–Trinajstić information content (AvgIpc) is 3.87. The number of fused-ring (bicyclic) bond motifs is 7. The smallest absolute Gasteiger partial charge is 0.187 e. The molecule has 9 rings (SSSR count). The predicted octanol–water partition coefficient (Wildman–Crippen LogP) is -2.80. The number of hydrogen-bond donors (Lipinski definition) is 13. The van der Waals surface area contributed by atoms with Gasteiger partial charge in [-0.25, -0.2) is 0 Å². The van der Waals surface area contributed by atoms with Crippen LogP contribution in [0.4, 0.5) is 0 Å². The molecule has 74 heavy (non-hydrogen) atoms. The van der Waals surface area contributed by atoms with Gasteiger partial charge < -0.3 is 109 Å². The van der Waals surface area contributed by atoms with E-state index in [2.05, 4.69) is 20.8 Å². The molecule has 5 heterocycles. The molecule has 0 bridgehead atoms. The van der Waals surface area contributed by atoms with Gasteiger partial charge in [-0.2, -0.15) is 0 Å². The summed E-state index contributed by atoms with van der Waals surface area (Å²) in [4.78, 5) is 14.8. The molecule has 424 valence electrons. The second-order valence-electron chi connectivity index (χ2n) is 23.5. The molecule has 4 saturated carbocycles. The lowest BCUT2D eigenvalue weighted by Gasteiger charge is -2.60. The molecule has 30 unspecified atom stereocenters. The Morgan fingerprint density at radius 1 is 0.635 bits per heavy atom. The highest BCUT2D eigenvalue weighted by Gasteiger charge is 2.68. The van der Waals surface area contributed by atoms with Crippen molar-refractivity contribution in [1.82, 2.24) is 0 Å². The Balaban J connectivity index is 0.850. The zero-order chi connectivity index (χ0) is 53.5. The van der Waals surface area contributed by atoms with E-state index < -0.39 is 154 Å². The molecule has 9 aliphatic rings. The predicted molar refractivity (Wildman–Crippen MR) is 249 cm³/mol. The first-order valence-electron chi connectivity index (χ1n) is 26.8. The number of hydrogen-bond acceptors (Lipinski definition) is 23. The fourth-order valence-corrected chi connectivity index (χ4v) is 14.8. The summed E-state index contributed by atoms with van der Waals surface area (Å²) < 4.78 is 54.4. The van der Waals surface area contributed by atoms with Crippen LogP contribution < -0.4 is 0 Å². The van der Waals surface area contributed by atoms with Crippen molar-refractivity contribution in [2.45, 2.75) is 227 Å². The van der Waals surface area contributed by atoms with Crippen LogP contribution in [0.5, 0.6) is 0 Å². The highest BCUT2D eigenvalue weighted by Crippen LogP contribution is 2.69. The Morgan fingerprint density at radius 2 is 1.22 bits per heavy atom. The number of aliphatic hydroxyl groups is 13. The van der Waals surface area contributed by atoms with Gasteiger partial charge in [0, 0.05) is 24.2 Å². The standard InChI is InChI=1S/C51H82O23/c1-19(18-66-46-40(62)38(60)35(57)29(15-52)70-46)6-9-27-20(2)33-28(69-27)13-26-24-8-7-22-12-23(10-11-50(22,4)25(24)14-32(55)51(26,33)5)68-49-45(74-47-41(63)37(59)34(56)21(3)67-47)43(65)44(31(17-54)72-49)73-48-42(64)39(61)36(58)30(16-53)71-48/h19,21-26,28-31,33-49,52-54,56-65H,6-18H2,1-5H3. The van der Waals surface area contributed by atoms with Crippen molar-refractivity contribution in [3.63, 3.8) is 0 Å². The van der Waals surface area contributed by atoms with Gasteiger partial charge in [-0.05, 0) is 99.4 Å². The van der Waals surface area contributed by atoms with Crippen LogP contribution in [-0.2, 0) is 47.4 Å². The number of allylic oxidation sites excluding steroid dienone is 1. The molecule has 0 aromatic rings. The lowest BCUT2D eigenvalue weighted by Crippen LogP contribution is -2.67. The minimum atomic E-state index is -1.86. The number of ketones is 1. The molecule has 23 heteroatoms. The second kappa shape index (κ2) is 22.5. The maximum absolute atomic E-state index is 14.8. The number of Topliss-reactive ketones (excluding diaryl/α,β-unsaturated/α-hetero) is 1. The largest absolute Gasteiger partial charge is 0.494 e. The monoisotopic (exact) mass is 1060 g/mol. The van der Waals surface area contributed by atoms with E-state index in [-0.39, 0.29) is 53.5 Å². The number of ether oxygens (including phenoxy) is 9. The van der Waals surface area contributed by atoms with Gasteiger partial charge >= 0.3 is 0 Å². The minimum absolute atomic E-state index is 0.00225. The molecule has 5 aliphatic heterocycles. The summed E-state index contributed by atoms with van der Waals surface area (Å²) in [5, 5.41) is 136. The van der Waals surface area contributed by atoms with Crippen molar-refractivity contribution in [2.75, 3.05) is 26.4 Å². The van der Waals surface area contributed by atoms with E-state index in [1.807, 2.05) is 6.92 Å². The first kappa shape index (κ1) is 57.1. The van der Waals surface area contributed by atoms with Crippen LogP contribution in [0.15, 0.2) is 11.3 Å². The number of aliphatic hydroxyl groups excluding tert-OH is 13. The van der Waals surface area contributed by atoms with Crippen molar-refractivity contribution in [3.05, 3.63) is 11.3 Å². The van der Waals surface area contributed by atoms with Crippen LogP contribution >= 0.6 is 0 Å². The molecule has 4 aliphatic carbocycles. The number of carbonyl (C=O) groups is 1. The Morgan fingerprint density at radius 3 is 1.86 bits per heavy atom. The van der Waals surface area contributed by atoms with Crippen LogP contribution in [0.1, 0.15) is 92.4 Å². The van der Waals surface area contributed by atoms with E-state index >= 15 is 0 Å². The maximum Gasteiger partial charge on any atom is 0.187 e. The van der Waals surface area contributed by atoms with E-state index in [4.69, 9.17) is 42.6 Å². The molecule has 30 atom stereocenters. The Kier molecular flexibility index (Phi) is 17.3. The minimum Gasteiger partial charge on any atom is -0.494 e. The van der Waals surface area contributed by atoms with Crippen LogP contribution in [-0.4, -0.2) is 234 Å². The summed E-state index contributed by atoms with van der Waals surface area (Å²) in [6, 6.07) is 0. The molecule has 0 aromatic heterocycles. The lowest BCUT2D eigenvalue weighted by molar-refractivity contribution is -0.390. The molecule has 8 fully saturated rings. The summed E-state index contributed by atoms with van der Waals surface area (Å²) in [6.07, 6.45) is -24.9.